The molecule has 1 unspecified atom stereocenters. The Morgan fingerprint density at radius 1 is 1.33 bits per heavy atom. The molecule has 1 atom stereocenters. The van der Waals surface area contributed by atoms with Crippen LogP contribution in [0.5, 0.6) is 11.5 Å². The van der Waals surface area contributed by atoms with Gasteiger partial charge in [-0.25, -0.2) is 0 Å². The van der Waals surface area contributed by atoms with Gasteiger partial charge in [0, 0.05) is 18.3 Å². The maximum atomic E-state index is 12.1. The highest BCUT2D eigenvalue weighted by Crippen LogP contribution is 2.30. The first-order chi connectivity index (χ1) is 10.2. The molecule has 0 spiro atoms. The van der Waals surface area contributed by atoms with Crippen molar-refractivity contribution < 1.29 is 19.0 Å². The van der Waals surface area contributed by atoms with Crippen LogP contribution >= 0.6 is 0 Å². The van der Waals surface area contributed by atoms with E-state index in [2.05, 4.69) is 10.6 Å². The average Bonchev–Trinajstić information content (AvgIpc) is 2.51. The number of morpholine rings is 1. The molecule has 116 valence electrons. The quantitative estimate of drug-likeness (QED) is 0.830. The Morgan fingerprint density at radius 3 is 2.76 bits per heavy atom. The van der Waals surface area contributed by atoms with Crippen LogP contribution in [0.1, 0.15) is 13.8 Å². The van der Waals surface area contributed by atoms with Crippen molar-refractivity contribution in [2.24, 2.45) is 0 Å². The molecule has 1 fully saturated rings. The molecule has 0 aromatic heterocycles. The van der Waals surface area contributed by atoms with Crippen molar-refractivity contribution in [1.29, 1.82) is 0 Å². The van der Waals surface area contributed by atoms with E-state index in [1.807, 2.05) is 13.8 Å². The second-order valence-corrected chi connectivity index (χ2v) is 4.60. The first-order valence-corrected chi connectivity index (χ1v) is 7.26. The molecule has 2 N–H and O–H groups in total. The fourth-order valence-electron chi connectivity index (χ4n) is 2.09. The Hall–Kier alpha value is -1.79. The fourth-order valence-corrected chi connectivity index (χ4v) is 2.09. The fraction of sp³-hybridized carbons (Fsp3) is 0.533. The van der Waals surface area contributed by atoms with Gasteiger partial charge in [-0.15, -0.1) is 0 Å². The van der Waals surface area contributed by atoms with E-state index in [1.54, 1.807) is 18.2 Å². The van der Waals surface area contributed by atoms with Crippen molar-refractivity contribution >= 4 is 11.6 Å². The van der Waals surface area contributed by atoms with Crippen LogP contribution in [-0.2, 0) is 9.53 Å². The van der Waals surface area contributed by atoms with Gasteiger partial charge >= 0.3 is 0 Å². The monoisotopic (exact) mass is 294 g/mol. The topological polar surface area (TPSA) is 68.8 Å². The summed E-state index contributed by atoms with van der Waals surface area (Å²) in [6.07, 6.45) is 0. The third kappa shape index (κ3) is 4.34. The van der Waals surface area contributed by atoms with Gasteiger partial charge in [-0.2, -0.15) is 0 Å². The van der Waals surface area contributed by atoms with E-state index in [0.717, 1.165) is 0 Å². The van der Waals surface area contributed by atoms with Gasteiger partial charge < -0.3 is 24.8 Å². The molecule has 6 heteroatoms. The van der Waals surface area contributed by atoms with Crippen LogP contribution in [0.4, 0.5) is 5.69 Å². The summed E-state index contributed by atoms with van der Waals surface area (Å²) in [6, 6.07) is 5.06. The van der Waals surface area contributed by atoms with Crippen molar-refractivity contribution in [1.82, 2.24) is 5.32 Å². The van der Waals surface area contributed by atoms with Crippen molar-refractivity contribution in [3.63, 3.8) is 0 Å². The zero-order valence-corrected chi connectivity index (χ0v) is 12.5. The van der Waals surface area contributed by atoms with Crippen LogP contribution in [0.25, 0.3) is 0 Å². The van der Waals surface area contributed by atoms with Crippen LogP contribution in [0.15, 0.2) is 18.2 Å². The van der Waals surface area contributed by atoms with E-state index in [1.165, 1.54) is 0 Å². The molecule has 1 saturated heterocycles. The highest BCUT2D eigenvalue weighted by molar-refractivity contribution is 5.95. The summed E-state index contributed by atoms with van der Waals surface area (Å²) in [5, 5.41) is 5.98. The minimum atomic E-state index is -0.319. The maximum Gasteiger partial charge on any atom is 0.243 e. The molecular weight excluding hydrogens is 272 g/mol. The zero-order chi connectivity index (χ0) is 15.1. The van der Waals surface area contributed by atoms with Crippen LogP contribution in [-0.4, -0.2) is 44.9 Å². The highest BCUT2D eigenvalue weighted by atomic mass is 16.5. The second-order valence-electron chi connectivity index (χ2n) is 4.60. The highest BCUT2D eigenvalue weighted by Gasteiger charge is 2.21. The van der Waals surface area contributed by atoms with Gasteiger partial charge in [0.2, 0.25) is 5.91 Å². The summed E-state index contributed by atoms with van der Waals surface area (Å²) in [7, 11) is 0. The Labute approximate surface area is 124 Å². The third-order valence-corrected chi connectivity index (χ3v) is 3.05. The first-order valence-electron chi connectivity index (χ1n) is 7.26. The normalized spacial score (nSPS) is 18.1. The number of carbonyl (C=O) groups excluding carboxylic acids is 1. The number of ether oxygens (including phenoxy) is 3. The molecule has 1 aromatic carbocycles. The zero-order valence-electron chi connectivity index (χ0n) is 12.5. The summed E-state index contributed by atoms with van der Waals surface area (Å²) in [4.78, 5) is 12.1. The molecule has 1 aliphatic heterocycles. The summed E-state index contributed by atoms with van der Waals surface area (Å²) in [5.41, 5.74) is 0.680. The molecule has 1 aromatic rings. The van der Waals surface area contributed by atoms with E-state index in [0.29, 0.717) is 50.2 Å². The van der Waals surface area contributed by atoms with Gasteiger partial charge in [-0.3, -0.25) is 4.79 Å². The molecule has 21 heavy (non-hydrogen) atoms. The van der Waals surface area contributed by atoms with E-state index in [-0.39, 0.29) is 11.9 Å². The van der Waals surface area contributed by atoms with Gasteiger partial charge in [0.25, 0.3) is 0 Å². The SMILES string of the molecule is CCOc1ccc(NC(=O)C2COCCN2)cc1OCC. The van der Waals surface area contributed by atoms with Gasteiger partial charge in [0.15, 0.2) is 11.5 Å². The van der Waals surface area contributed by atoms with Crippen LogP contribution in [0.3, 0.4) is 0 Å². The number of amides is 1. The van der Waals surface area contributed by atoms with E-state index in [4.69, 9.17) is 14.2 Å². The lowest BCUT2D eigenvalue weighted by atomic mass is 10.2. The number of carbonyl (C=O) groups is 1. The summed E-state index contributed by atoms with van der Waals surface area (Å²) >= 11 is 0. The standard InChI is InChI=1S/C15H22N2O4/c1-3-20-13-6-5-11(9-14(13)21-4-2)17-15(18)12-10-19-8-7-16-12/h5-6,9,12,16H,3-4,7-8,10H2,1-2H3,(H,17,18). The predicted octanol–water partition coefficient (Wildman–Crippen LogP) is 1.41. The number of nitrogens with one attached hydrogen (secondary N) is 2. The Balaban J connectivity index is 2.05. The minimum Gasteiger partial charge on any atom is -0.490 e. The van der Waals surface area contributed by atoms with Crippen LogP contribution in [0.2, 0.25) is 0 Å². The number of rotatable bonds is 6. The van der Waals surface area contributed by atoms with Crippen LogP contribution < -0.4 is 20.1 Å². The van der Waals surface area contributed by atoms with E-state index in [9.17, 15) is 4.79 Å². The molecule has 6 nitrogen and oxygen atoms in total. The lowest BCUT2D eigenvalue weighted by Gasteiger charge is -2.23. The number of anilines is 1. The summed E-state index contributed by atoms with van der Waals surface area (Å²) < 4.78 is 16.3. The Kier molecular flexibility index (Phi) is 5.83. The molecule has 1 amide bonds. The molecule has 0 saturated carbocycles. The average molecular weight is 294 g/mol. The van der Waals surface area contributed by atoms with E-state index >= 15 is 0 Å². The minimum absolute atomic E-state index is 0.110. The molecule has 0 bridgehead atoms. The van der Waals surface area contributed by atoms with Gasteiger partial charge in [0.05, 0.1) is 26.4 Å². The van der Waals surface area contributed by atoms with Crippen molar-refractivity contribution in [3.05, 3.63) is 18.2 Å². The van der Waals surface area contributed by atoms with Gasteiger partial charge in [0.1, 0.15) is 6.04 Å². The smallest absolute Gasteiger partial charge is 0.243 e. The second kappa shape index (κ2) is 7.85. The Morgan fingerprint density at radius 2 is 2.10 bits per heavy atom. The molecular formula is C15H22N2O4. The number of hydrogen-bond donors (Lipinski definition) is 2. The largest absolute Gasteiger partial charge is 0.490 e. The molecule has 2 rings (SSSR count). The predicted molar refractivity (Wildman–Crippen MR) is 80.0 cm³/mol. The molecule has 1 heterocycles. The van der Waals surface area contributed by atoms with Crippen molar-refractivity contribution in [2.75, 3.05) is 38.3 Å². The number of hydrogen-bond acceptors (Lipinski definition) is 5. The van der Waals surface area contributed by atoms with Crippen molar-refractivity contribution in [2.45, 2.75) is 19.9 Å². The van der Waals surface area contributed by atoms with Gasteiger partial charge in [-0.1, -0.05) is 0 Å². The lowest BCUT2D eigenvalue weighted by molar-refractivity contribution is -0.120. The molecule has 0 radical (unpaired) electrons. The van der Waals surface area contributed by atoms with Crippen molar-refractivity contribution in [3.8, 4) is 11.5 Å². The molecule has 0 aliphatic carbocycles. The van der Waals surface area contributed by atoms with Gasteiger partial charge in [-0.05, 0) is 26.0 Å². The third-order valence-electron chi connectivity index (χ3n) is 3.05. The Bertz CT molecular complexity index is 473. The van der Waals surface area contributed by atoms with E-state index < -0.39 is 0 Å². The van der Waals surface area contributed by atoms with Crippen LogP contribution in [0, 0.1) is 0 Å². The number of benzene rings is 1. The summed E-state index contributed by atoms with van der Waals surface area (Å²) in [6.45, 7) is 6.64. The first kappa shape index (κ1) is 15.6. The molecule has 1 aliphatic rings. The maximum absolute atomic E-state index is 12.1. The summed E-state index contributed by atoms with van der Waals surface area (Å²) in [5.74, 6) is 1.20. The lowest BCUT2D eigenvalue weighted by Crippen LogP contribution is -2.48.